The summed E-state index contributed by atoms with van der Waals surface area (Å²) in [6.45, 7) is 1.46. The Labute approximate surface area is 121 Å². The molecule has 0 heterocycles. The third-order valence-corrected chi connectivity index (χ3v) is 4.24. The first kappa shape index (κ1) is 14.8. The van der Waals surface area contributed by atoms with Gasteiger partial charge in [0.15, 0.2) is 0 Å². The standard InChI is InChI=1S/C13H12N2O5S/c1-9-12(6-3-7-13(9)15(17)18)14-21(19,20)11-5-2-4-10(16)8-11/h2-8,14,16H,1H3. The molecule has 0 aromatic heterocycles. The van der Waals surface area contributed by atoms with Crippen molar-refractivity contribution in [3.8, 4) is 5.75 Å². The first-order chi connectivity index (χ1) is 9.81. The minimum atomic E-state index is -3.93. The van der Waals surface area contributed by atoms with E-state index in [0.29, 0.717) is 0 Å². The summed E-state index contributed by atoms with van der Waals surface area (Å²) in [4.78, 5) is 10.1. The molecule has 7 nitrogen and oxygen atoms in total. The Morgan fingerprint density at radius 2 is 1.86 bits per heavy atom. The molecule has 0 saturated carbocycles. The van der Waals surface area contributed by atoms with Crippen molar-refractivity contribution in [1.82, 2.24) is 0 Å². The zero-order chi connectivity index (χ0) is 15.6. The Hall–Kier alpha value is -2.61. The van der Waals surface area contributed by atoms with Crippen molar-refractivity contribution >= 4 is 21.4 Å². The monoisotopic (exact) mass is 308 g/mol. The van der Waals surface area contributed by atoms with E-state index in [2.05, 4.69) is 4.72 Å². The Balaban J connectivity index is 2.42. The van der Waals surface area contributed by atoms with Crippen LogP contribution < -0.4 is 4.72 Å². The Morgan fingerprint density at radius 1 is 1.19 bits per heavy atom. The quantitative estimate of drug-likeness (QED) is 0.665. The minimum Gasteiger partial charge on any atom is -0.508 e. The summed E-state index contributed by atoms with van der Waals surface area (Å²) in [5.41, 5.74) is 0.157. The van der Waals surface area contributed by atoms with Crippen LogP contribution in [0.5, 0.6) is 5.75 Å². The molecule has 0 radical (unpaired) electrons. The zero-order valence-electron chi connectivity index (χ0n) is 11.0. The molecule has 21 heavy (non-hydrogen) atoms. The number of rotatable bonds is 4. The van der Waals surface area contributed by atoms with E-state index in [9.17, 15) is 23.6 Å². The third-order valence-electron chi connectivity index (χ3n) is 2.87. The van der Waals surface area contributed by atoms with E-state index in [-0.39, 0.29) is 27.6 Å². The van der Waals surface area contributed by atoms with Crippen LogP contribution in [0.3, 0.4) is 0 Å². The van der Waals surface area contributed by atoms with Crippen LogP contribution in [0.4, 0.5) is 11.4 Å². The van der Waals surface area contributed by atoms with E-state index in [0.717, 1.165) is 6.07 Å². The lowest BCUT2D eigenvalue weighted by atomic mass is 10.2. The molecule has 0 aliphatic carbocycles. The second kappa shape index (κ2) is 5.41. The van der Waals surface area contributed by atoms with Gasteiger partial charge in [0, 0.05) is 12.1 Å². The van der Waals surface area contributed by atoms with Gasteiger partial charge in [0.1, 0.15) is 5.75 Å². The molecule has 2 aromatic rings. The summed E-state index contributed by atoms with van der Waals surface area (Å²) < 4.78 is 26.7. The fourth-order valence-corrected chi connectivity index (χ4v) is 2.95. The van der Waals surface area contributed by atoms with Gasteiger partial charge in [0.2, 0.25) is 0 Å². The van der Waals surface area contributed by atoms with Gasteiger partial charge in [0.05, 0.1) is 21.1 Å². The van der Waals surface area contributed by atoms with Crippen LogP contribution in [-0.2, 0) is 10.0 Å². The molecule has 2 rings (SSSR count). The molecule has 0 amide bonds. The Bertz CT molecular complexity index is 802. The van der Waals surface area contributed by atoms with Crippen molar-refractivity contribution in [3.63, 3.8) is 0 Å². The van der Waals surface area contributed by atoms with Gasteiger partial charge in [-0.2, -0.15) is 0 Å². The number of nitro benzene ring substituents is 1. The van der Waals surface area contributed by atoms with E-state index in [1.165, 1.54) is 43.3 Å². The normalized spacial score (nSPS) is 11.1. The lowest BCUT2D eigenvalue weighted by Gasteiger charge is -2.10. The number of phenolic OH excluding ortho intramolecular Hbond substituents is 1. The first-order valence-electron chi connectivity index (χ1n) is 5.87. The lowest BCUT2D eigenvalue weighted by Crippen LogP contribution is -2.14. The topological polar surface area (TPSA) is 110 Å². The van der Waals surface area contributed by atoms with Crippen molar-refractivity contribution in [2.24, 2.45) is 0 Å². The molecule has 0 atom stereocenters. The molecule has 0 aliphatic rings. The Kier molecular flexibility index (Phi) is 3.81. The van der Waals surface area contributed by atoms with Gasteiger partial charge < -0.3 is 5.11 Å². The molecule has 0 spiro atoms. The molecule has 110 valence electrons. The molecule has 0 fully saturated rings. The van der Waals surface area contributed by atoms with E-state index < -0.39 is 14.9 Å². The molecule has 2 aromatic carbocycles. The zero-order valence-corrected chi connectivity index (χ0v) is 11.8. The van der Waals surface area contributed by atoms with Gasteiger partial charge in [-0.05, 0) is 25.1 Å². The van der Waals surface area contributed by atoms with Crippen molar-refractivity contribution < 1.29 is 18.4 Å². The first-order valence-corrected chi connectivity index (χ1v) is 7.35. The molecule has 0 aliphatic heterocycles. The maximum absolute atomic E-state index is 12.2. The molecular weight excluding hydrogens is 296 g/mol. The number of anilines is 1. The van der Waals surface area contributed by atoms with E-state index in [1.54, 1.807) is 0 Å². The largest absolute Gasteiger partial charge is 0.508 e. The number of hydrogen-bond acceptors (Lipinski definition) is 5. The highest BCUT2D eigenvalue weighted by atomic mass is 32.2. The van der Waals surface area contributed by atoms with Crippen LogP contribution in [0.25, 0.3) is 0 Å². The fourth-order valence-electron chi connectivity index (χ4n) is 1.79. The van der Waals surface area contributed by atoms with Crippen molar-refractivity contribution in [3.05, 3.63) is 58.1 Å². The highest BCUT2D eigenvalue weighted by Crippen LogP contribution is 2.27. The maximum atomic E-state index is 12.2. The predicted molar refractivity (Wildman–Crippen MR) is 76.7 cm³/mol. The Morgan fingerprint density at radius 3 is 2.48 bits per heavy atom. The van der Waals surface area contributed by atoms with Gasteiger partial charge in [-0.1, -0.05) is 12.1 Å². The van der Waals surface area contributed by atoms with Crippen LogP contribution >= 0.6 is 0 Å². The van der Waals surface area contributed by atoms with Crippen molar-refractivity contribution in [2.45, 2.75) is 11.8 Å². The average Bonchev–Trinajstić information content (AvgIpc) is 2.40. The number of nitrogens with zero attached hydrogens (tertiary/aromatic N) is 1. The number of nitro groups is 1. The molecule has 2 N–H and O–H groups in total. The number of aromatic hydroxyl groups is 1. The number of benzene rings is 2. The van der Waals surface area contributed by atoms with Crippen molar-refractivity contribution in [1.29, 1.82) is 0 Å². The molecule has 0 saturated heterocycles. The van der Waals surface area contributed by atoms with Crippen LogP contribution in [0.1, 0.15) is 5.56 Å². The summed E-state index contributed by atoms with van der Waals surface area (Å²) in [7, 11) is -3.93. The summed E-state index contributed by atoms with van der Waals surface area (Å²) >= 11 is 0. The second-order valence-electron chi connectivity index (χ2n) is 4.31. The summed E-state index contributed by atoms with van der Waals surface area (Å²) in [6, 6.07) is 9.27. The average molecular weight is 308 g/mol. The van der Waals surface area contributed by atoms with E-state index >= 15 is 0 Å². The van der Waals surface area contributed by atoms with Crippen LogP contribution in [0, 0.1) is 17.0 Å². The smallest absolute Gasteiger partial charge is 0.274 e. The van der Waals surface area contributed by atoms with Gasteiger partial charge >= 0.3 is 0 Å². The SMILES string of the molecule is Cc1c(NS(=O)(=O)c2cccc(O)c2)cccc1[N+](=O)[O-]. The summed E-state index contributed by atoms with van der Waals surface area (Å²) in [6.07, 6.45) is 0. The highest BCUT2D eigenvalue weighted by Gasteiger charge is 2.19. The van der Waals surface area contributed by atoms with Crippen LogP contribution in [0.15, 0.2) is 47.4 Å². The lowest BCUT2D eigenvalue weighted by molar-refractivity contribution is -0.385. The van der Waals surface area contributed by atoms with Gasteiger partial charge in [-0.15, -0.1) is 0 Å². The highest BCUT2D eigenvalue weighted by molar-refractivity contribution is 7.92. The molecule has 8 heteroatoms. The van der Waals surface area contributed by atoms with E-state index in [1.807, 2.05) is 0 Å². The molecular formula is C13H12N2O5S. The van der Waals surface area contributed by atoms with E-state index in [4.69, 9.17) is 0 Å². The second-order valence-corrected chi connectivity index (χ2v) is 5.99. The van der Waals surface area contributed by atoms with Crippen LogP contribution in [0.2, 0.25) is 0 Å². The number of nitrogens with one attached hydrogen (secondary N) is 1. The summed E-state index contributed by atoms with van der Waals surface area (Å²) in [5.74, 6) is -0.186. The predicted octanol–water partition coefficient (Wildman–Crippen LogP) is 2.41. The number of phenols is 1. The third kappa shape index (κ3) is 3.11. The minimum absolute atomic E-state index is 0.118. The number of hydrogen-bond donors (Lipinski definition) is 2. The van der Waals surface area contributed by atoms with Crippen LogP contribution in [-0.4, -0.2) is 18.4 Å². The van der Waals surface area contributed by atoms with Gasteiger partial charge in [-0.25, -0.2) is 8.42 Å². The van der Waals surface area contributed by atoms with Crippen molar-refractivity contribution in [2.75, 3.05) is 4.72 Å². The van der Waals surface area contributed by atoms with Gasteiger partial charge in [-0.3, -0.25) is 14.8 Å². The fraction of sp³-hybridized carbons (Fsp3) is 0.0769. The molecule has 0 unspecified atom stereocenters. The number of sulfonamides is 1. The molecule has 0 bridgehead atoms. The van der Waals surface area contributed by atoms with Gasteiger partial charge in [0.25, 0.3) is 15.7 Å². The summed E-state index contributed by atoms with van der Waals surface area (Å²) in [5, 5.41) is 20.2. The maximum Gasteiger partial charge on any atom is 0.274 e.